The molecule has 0 radical (unpaired) electrons. The van der Waals surface area contributed by atoms with Crippen molar-refractivity contribution >= 4 is 10.0 Å². The zero-order valence-electron chi connectivity index (χ0n) is 11.8. The second kappa shape index (κ2) is 5.64. The van der Waals surface area contributed by atoms with Crippen LogP contribution in [0.3, 0.4) is 0 Å². The molecule has 1 heterocycles. The molecule has 116 valence electrons. The predicted molar refractivity (Wildman–Crippen MR) is 77.6 cm³/mol. The van der Waals surface area contributed by atoms with Gasteiger partial charge in [0.2, 0.25) is 10.0 Å². The van der Waals surface area contributed by atoms with Gasteiger partial charge in [-0.15, -0.1) is 0 Å². The molecule has 5 nitrogen and oxygen atoms in total. The largest absolute Gasteiger partial charge is 0.326 e. The minimum atomic E-state index is -3.67. The van der Waals surface area contributed by atoms with Gasteiger partial charge < -0.3 is 5.73 Å². The summed E-state index contributed by atoms with van der Waals surface area (Å²) < 4.78 is 40.3. The van der Waals surface area contributed by atoms with Crippen LogP contribution in [0.5, 0.6) is 0 Å². The summed E-state index contributed by atoms with van der Waals surface area (Å²) in [7, 11) is -3.67. The van der Waals surface area contributed by atoms with E-state index in [0.717, 1.165) is 19.2 Å². The SMILES string of the molecule is NCc1ccc(F)cc1S(=O)(=O)N1CCN(C2CC2)CC1. The molecule has 1 aliphatic carbocycles. The molecule has 1 aromatic rings. The van der Waals surface area contributed by atoms with Crippen LogP contribution in [-0.4, -0.2) is 49.8 Å². The molecule has 21 heavy (non-hydrogen) atoms. The van der Waals surface area contributed by atoms with E-state index in [-0.39, 0.29) is 11.4 Å². The lowest BCUT2D eigenvalue weighted by Gasteiger charge is -2.34. The van der Waals surface area contributed by atoms with E-state index in [0.29, 0.717) is 24.7 Å². The van der Waals surface area contributed by atoms with E-state index in [1.54, 1.807) is 0 Å². The first-order valence-corrected chi connectivity index (χ1v) is 8.69. The molecule has 0 bridgehead atoms. The molecule has 1 aromatic carbocycles. The van der Waals surface area contributed by atoms with Crippen LogP contribution >= 0.6 is 0 Å². The lowest BCUT2D eigenvalue weighted by atomic mass is 10.2. The summed E-state index contributed by atoms with van der Waals surface area (Å²) in [6, 6.07) is 4.41. The van der Waals surface area contributed by atoms with Gasteiger partial charge in [-0.1, -0.05) is 6.07 Å². The lowest BCUT2D eigenvalue weighted by molar-refractivity contribution is 0.180. The number of benzene rings is 1. The summed E-state index contributed by atoms with van der Waals surface area (Å²) in [5.41, 5.74) is 6.04. The average molecular weight is 313 g/mol. The Labute approximate surface area is 124 Å². The van der Waals surface area contributed by atoms with Crippen molar-refractivity contribution < 1.29 is 12.8 Å². The van der Waals surface area contributed by atoms with Crippen LogP contribution in [0.2, 0.25) is 0 Å². The summed E-state index contributed by atoms with van der Waals surface area (Å²) in [6.45, 7) is 2.49. The molecule has 1 saturated heterocycles. The van der Waals surface area contributed by atoms with E-state index in [1.165, 1.54) is 29.3 Å². The molecule has 0 unspecified atom stereocenters. The minimum Gasteiger partial charge on any atom is -0.326 e. The lowest BCUT2D eigenvalue weighted by Crippen LogP contribution is -2.49. The van der Waals surface area contributed by atoms with Gasteiger partial charge in [0, 0.05) is 38.8 Å². The van der Waals surface area contributed by atoms with Gasteiger partial charge in [-0.2, -0.15) is 4.31 Å². The van der Waals surface area contributed by atoms with Gasteiger partial charge in [-0.3, -0.25) is 4.90 Å². The fraction of sp³-hybridized carbons (Fsp3) is 0.571. The van der Waals surface area contributed by atoms with Gasteiger partial charge in [0.05, 0.1) is 4.90 Å². The first kappa shape index (κ1) is 14.9. The van der Waals surface area contributed by atoms with Crippen molar-refractivity contribution in [2.24, 2.45) is 5.73 Å². The molecule has 3 rings (SSSR count). The molecule has 0 aromatic heterocycles. The van der Waals surface area contributed by atoms with E-state index < -0.39 is 15.8 Å². The third kappa shape index (κ3) is 2.96. The molecular weight excluding hydrogens is 293 g/mol. The van der Waals surface area contributed by atoms with Crippen LogP contribution in [0, 0.1) is 5.82 Å². The number of hydrogen-bond acceptors (Lipinski definition) is 4. The number of nitrogens with two attached hydrogens (primary N) is 1. The molecule has 0 amide bonds. The van der Waals surface area contributed by atoms with Crippen LogP contribution in [0.25, 0.3) is 0 Å². The minimum absolute atomic E-state index is 0.00451. The Balaban J connectivity index is 1.82. The molecule has 1 saturated carbocycles. The van der Waals surface area contributed by atoms with E-state index in [4.69, 9.17) is 5.73 Å². The Bertz CT molecular complexity index is 623. The van der Waals surface area contributed by atoms with Crippen molar-refractivity contribution in [1.29, 1.82) is 0 Å². The van der Waals surface area contributed by atoms with E-state index in [2.05, 4.69) is 4.90 Å². The van der Waals surface area contributed by atoms with Crippen molar-refractivity contribution in [2.75, 3.05) is 26.2 Å². The summed E-state index contributed by atoms with van der Waals surface area (Å²) in [5.74, 6) is -0.553. The van der Waals surface area contributed by atoms with Crippen LogP contribution in [0.1, 0.15) is 18.4 Å². The topological polar surface area (TPSA) is 66.6 Å². The highest BCUT2D eigenvalue weighted by Gasteiger charge is 2.35. The molecule has 2 N–H and O–H groups in total. The monoisotopic (exact) mass is 313 g/mol. The Morgan fingerprint density at radius 1 is 1.19 bits per heavy atom. The van der Waals surface area contributed by atoms with Crippen LogP contribution in [-0.2, 0) is 16.6 Å². The molecular formula is C14H20FN3O2S. The number of nitrogens with zero attached hydrogens (tertiary/aromatic N) is 2. The maximum atomic E-state index is 13.4. The van der Waals surface area contributed by atoms with E-state index in [1.807, 2.05) is 0 Å². The summed E-state index contributed by atoms with van der Waals surface area (Å²) in [6.07, 6.45) is 2.43. The van der Waals surface area contributed by atoms with Crippen molar-refractivity contribution in [3.63, 3.8) is 0 Å². The van der Waals surface area contributed by atoms with Crippen molar-refractivity contribution in [3.8, 4) is 0 Å². The molecule has 1 aliphatic heterocycles. The van der Waals surface area contributed by atoms with Gasteiger partial charge in [-0.25, -0.2) is 12.8 Å². The van der Waals surface area contributed by atoms with E-state index >= 15 is 0 Å². The average Bonchev–Trinajstić information content (AvgIpc) is 3.32. The second-order valence-corrected chi connectivity index (χ2v) is 7.53. The van der Waals surface area contributed by atoms with Gasteiger partial charge in [0.15, 0.2) is 0 Å². The normalized spacial score (nSPS) is 21.6. The molecule has 0 spiro atoms. The van der Waals surface area contributed by atoms with E-state index in [9.17, 15) is 12.8 Å². The number of hydrogen-bond donors (Lipinski definition) is 1. The number of rotatable bonds is 4. The first-order chi connectivity index (χ1) is 10.0. The van der Waals surface area contributed by atoms with Crippen LogP contribution in [0.4, 0.5) is 4.39 Å². The smallest absolute Gasteiger partial charge is 0.243 e. The van der Waals surface area contributed by atoms with Crippen molar-refractivity contribution in [2.45, 2.75) is 30.3 Å². The fourth-order valence-corrected chi connectivity index (χ4v) is 4.49. The predicted octanol–water partition coefficient (Wildman–Crippen LogP) is 0.753. The maximum Gasteiger partial charge on any atom is 0.243 e. The maximum absolute atomic E-state index is 13.4. The standard InChI is InChI=1S/C14H20FN3O2S/c15-12-2-1-11(10-16)14(9-12)21(19,20)18-7-5-17(6-8-18)13-3-4-13/h1-2,9,13H,3-8,10,16H2. The molecule has 7 heteroatoms. The van der Waals surface area contributed by atoms with Crippen LogP contribution in [0.15, 0.2) is 23.1 Å². The molecule has 2 aliphatic rings. The van der Waals surface area contributed by atoms with Gasteiger partial charge in [-0.05, 0) is 30.5 Å². The third-order valence-corrected chi connectivity index (χ3v) is 6.18. The van der Waals surface area contributed by atoms with Gasteiger partial charge in [0.1, 0.15) is 5.82 Å². The fourth-order valence-electron chi connectivity index (χ4n) is 2.82. The zero-order chi connectivity index (χ0) is 15.0. The first-order valence-electron chi connectivity index (χ1n) is 7.25. The summed E-state index contributed by atoms with van der Waals surface area (Å²) >= 11 is 0. The Morgan fingerprint density at radius 2 is 1.86 bits per heavy atom. The number of piperazine rings is 1. The summed E-state index contributed by atoms with van der Waals surface area (Å²) in [5, 5.41) is 0. The van der Waals surface area contributed by atoms with Gasteiger partial charge >= 0.3 is 0 Å². The quantitative estimate of drug-likeness (QED) is 0.891. The van der Waals surface area contributed by atoms with Gasteiger partial charge in [0.25, 0.3) is 0 Å². The Morgan fingerprint density at radius 3 is 2.43 bits per heavy atom. The molecule has 2 fully saturated rings. The zero-order valence-corrected chi connectivity index (χ0v) is 12.7. The van der Waals surface area contributed by atoms with Crippen LogP contribution < -0.4 is 5.73 Å². The Kier molecular flexibility index (Phi) is 4.00. The van der Waals surface area contributed by atoms with Crippen molar-refractivity contribution in [3.05, 3.63) is 29.6 Å². The third-order valence-electron chi connectivity index (χ3n) is 4.20. The summed E-state index contributed by atoms with van der Waals surface area (Å²) in [4.78, 5) is 2.34. The second-order valence-electron chi connectivity index (χ2n) is 5.63. The highest BCUT2D eigenvalue weighted by atomic mass is 32.2. The van der Waals surface area contributed by atoms with Crippen molar-refractivity contribution in [1.82, 2.24) is 9.21 Å². The highest BCUT2D eigenvalue weighted by molar-refractivity contribution is 7.89. The Hall–Kier alpha value is -1.02. The highest BCUT2D eigenvalue weighted by Crippen LogP contribution is 2.29. The number of halogens is 1. The number of sulfonamides is 1. The molecule has 0 atom stereocenters.